The molecule has 1 N–H and O–H groups in total. The summed E-state index contributed by atoms with van der Waals surface area (Å²) in [7, 11) is 0. The second-order valence-electron chi connectivity index (χ2n) is 4.81. The number of hydrogen-bond donors (Lipinski definition) is 1. The lowest BCUT2D eigenvalue weighted by Crippen LogP contribution is -2.04. The highest BCUT2D eigenvalue weighted by Gasteiger charge is 2.07. The highest BCUT2D eigenvalue weighted by molar-refractivity contribution is 6.33. The van der Waals surface area contributed by atoms with Gasteiger partial charge in [0.25, 0.3) is 0 Å². The second kappa shape index (κ2) is 5.62. The lowest BCUT2D eigenvalue weighted by atomic mass is 10.0. The van der Waals surface area contributed by atoms with Crippen LogP contribution in [0, 0.1) is 26.6 Å². The average molecular weight is 278 g/mol. The number of para-hydroxylation sites is 1. The predicted octanol–water partition coefficient (Wildman–Crippen LogP) is 5.02. The Labute approximate surface area is 118 Å². The van der Waals surface area contributed by atoms with Gasteiger partial charge in [0.05, 0.1) is 10.7 Å². The van der Waals surface area contributed by atoms with Gasteiger partial charge in [-0.1, -0.05) is 29.8 Å². The molecule has 0 bridgehead atoms. The maximum atomic E-state index is 13.7. The Morgan fingerprint density at radius 3 is 2.42 bits per heavy atom. The van der Waals surface area contributed by atoms with Crippen LogP contribution in [0.5, 0.6) is 0 Å². The molecule has 0 saturated carbocycles. The van der Waals surface area contributed by atoms with Gasteiger partial charge >= 0.3 is 0 Å². The molecule has 0 aliphatic carbocycles. The smallest absolute Gasteiger partial charge is 0.147 e. The van der Waals surface area contributed by atoms with Gasteiger partial charge in [0.15, 0.2) is 0 Å². The van der Waals surface area contributed by atoms with E-state index in [1.807, 2.05) is 0 Å². The molecule has 0 atom stereocenters. The molecule has 0 unspecified atom stereocenters. The maximum absolute atomic E-state index is 13.7. The molecule has 0 spiro atoms. The third-order valence-electron chi connectivity index (χ3n) is 3.37. The SMILES string of the molecule is Cc1cc(C)c(CNc2c(F)cccc2Cl)cc1C. The molecule has 0 saturated heterocycles. The van der Waals surface area contributed by atoms with E-state index < -0.39 is 0 Å². The molecule has 0 heterocycles. The Bertz CT molecular complexity index is 588. The lowest BCUT2D eigenvalue weighted by molar-refractivity contribution is 0.630. The van der Waals surface area contributed by atoms with Crippen LogP contribution < -0.4 is 5.32 Å². The van der Waals surface area contributed by atoms with Crippen molar-refractivity contribution in [1.29, 1.82) is 0 Å². The third-order valence-corrected chi connectivity index (χ3v) is 3.69. The summed E-state index contributed by atoms with van der Waals surface area (Å²) in [4.78, 5) is 0. The summed E-state index contributed by atoms with van der Waals surface area (Å²) in [6.45, 7) is 6.79. The van der Waals surface area contributed by atoms with E-state index in [9.17, 15) is 4.39 Å². The van der Waals surface area contributed by atoms with Gasteiger partial charge in [-0.3, -0.25) is 0 Å². The Hall–Kier alpha value is -1.54. The highest BCUT2D eigenvalue weighted by Crippen LogP contribution is 2.26. The van der Waals surface area contributed by atoms with Gasteiger partial charge in [-0.2, -0.15) is 0 Å². The third kappa shape index (κ3) is 3.07. The zero-order valence-electron chi connectivity index (χ0n) is 11.3. The number of halogens is 2. The normalized spacial score (nSPS) is 10.6. The first kappa shape index (κ1) is 13.9. The van der Waals surface area contributed by atoms with Crippen LogP contribution in [0.2, 0.25) is 5.02 Å². The molecule has 1 nitrogen and oxygen atoms in total. The van der Waals surface area contributed by atoms with Crippen LogP contribution in [-0.4, -0.2) is 0 Å². The zero-order valence-corrected chi connectivity index (χ0v) is 12.1. The summed E-state index contributed by atoms with van der Waals surface area (Å²) in [5.41, 5.74) is 5.22. The number of rotatable bonds is 3. The summed E-state index contributed by atoms with van der Waals surface area (Å²) in [5, 5.41) is 3.48. The molecule has 0 radical (unpaired) electrons. The molecule has 100 valence electrons. The molecule has 2 aromatic carbocycles. The van der Waals surface area contributed by atoms with Crippen molar-refractivity contribution in [2.45, 2.75) is 27.3 Å². The largest absolute Gasteiger partial charge is 0.377 e. The average Bonchev–Trinajstić information content (AvgIpc) is 2.34. The zero-order chi connectivity index (χ0) is 14.0. The molecule has 19 heavy (non-hydrogen) atoms. The molecular formula is C16H17ClFN. The molecule has 0 aliphatic heterocycles. The minimum absolute atomic E-state index is 0.325. The van der Waals surface area contributed by atoms with E-state index in [4.69, 9.17) is 11.6 Å². The first-order chi connectivity index (χ1) is 8.99. The second-order valence-corrected chi connectivity index (χ2v) is 5.22. The Morgan fingerprint density at radius 2 is 1.74 bits per heavy atom. The summed E-state index contributed by atoms with van der Waals surface area (Å²) in [6.07, 6.45) is 0. The lowest BCUT2D eigenvalue weighted by Gasteiger charge is -2.13. The summed E-state index contributed by atoms with van der Waals surface area (Å²) >= 11 is 5.99. The van der Waals surface area contributed by atoms with Crippen molar-refractivity contribution < 1.29 is 4.39 Å². The van der Waals surface area contributed by atoms with Crippen molar-refractivity contribution in [3.8, 4) is 0 Å². The first-order valence-corrected chi connectivity index (χ1v) is 6.61. The van der Waals surface area contributed by atoms with Crippen LogP contribution in [0.1, 0.15) is 22.3 Å². The van der Waals surface area contributed by atoms with Crippen molar-refractivity contribution in [2.75, 3.05) is 5.32 Å². The first-order valence-electron chi connectivity index (χ1n) is 6.23. The fourth-order valence-electron chi connectivity index (χ4n) is 2.06. The molecule has 2 rings (SSSR count). The van der Waals surface area contributed by atoms with Crippen molar-refractivity contribution in [2.24, 2.45) is 0 Å². The number of benzene rings is 2. The fourth-order valence-corrected chi connectivity index (χ4v) is 2.29. The van der Waals surface area contributed by atoms with E-state index in [1.54, 1.807) is 12.1 Å². The van der Waals surface area contributed by atoms with Gasteiger partial charge in [0.1, 0.15) is 5.82 Å². The molecule has 3 heteroatoms. The van der Waals surface area contributed by atoms with Crippen LogP contribution in [0.4, 0.5) is 10.1 Å². The summed E-state index contributed by atoms with van der Waals surface area (Å²) < 4.78 is 13.7. The van der Waals surface area contributed by atoms with Crippen molar-refractivity contribution in [3.63, 3.8) is 0 Å². The summed E-state index contributed by atoms with van der Waals surface area (Å²) in [5.74, 6) is -0.325. The Morgan fingerprint density at radius 1 is 1.05 bits per heavy atom. The summed E-state index contributed by atoms with van der Waals surface area (Å²) in [6, 6.07) is 8.97. The molecule has 0 fully saturated rings. The van der Waals surface area contributed by atoms with E-state index in [0.29, 0.717) is 17.3 Å². The minimum atomic E-state index is -0.325. The van der Waals surface area contributed by atoms with E-state index >= 15 is 0 Å². The van der Waals surface area contributed by atoms with E-state index in [1.165, 1.54) is 22.8 Å². The van der Waals surface area contributed by atoms with Crippen LogP contribution in [0.3, 0.4) is 0 Å². The van der Waals surface area contributed by atoms with Gasteiger partial charge in [-0.05, 0) is 55.2 Å². The van der Waals surface area contributed by atoms with Gasteiger partial charge in [-0.25, -0.2) is 4.39 Å². The van der Waals surface area contributed by atoms with Crippen molar-refractivity contribution in [1.82, 2.24) is 0 Å². The molecule has 0 aromatic heterocycles. The fraction of sp³-hybridized carbons (Fsp3) is 0.250. The van der Waals surface area contributed by atoms with Crippen LogP contribution in [0.15, 0.2) is 30.3 Å². The van der Waals surface area contributed by atoms with Crippen LogP contribution >= 0.6 is 11.6 Å². The highest BCUT2D eigenvalue weighted by atomic mass is 35.5. The minimum Gasteiger partial charge on any atom is -0.377 e. The standard InChI is InChI=1S/C16H17ClFN/c1-10-7-12(3)13(8-11(10)2)9-19-16-14(17)5-4-6-15(16)18/h4-8,19H,9H2,1-3H3. The quantitative estimate of drug-likeness (QED) is 0.831. The molecular weight excluding hydrogens is 261 g/mol. The van der Waals surface area contributed by atoms with E-state index in [0.717, 1.165) is 5.56 Å². The number of anilines is 1. The molecule has 0 amide bonds. The van der Waals surface area contributed by atoms with Gasteiger partial charge in [0.2, 0.25) is 0 Å². The topological polar surface area (TPSA) is 12.0 Å². The molecule has 0 aliphatic rings. The predicted molar refractivity (Wildman–Crippen MR) is 79.4 cm³/mol. The van der Waals surface area contributed by atoms with Gasteiger partial charge in [-0.15, -0.1) is 0 Å². The maximum Gasteiger partial charge on any atom is 0.147 e. The Kier molecular flexibility index (Phi) is 4.11. The van der Waals surface area contributed by atoms with Crippen molar-refractivity contribution >= 4 is 17.3 Å². The van der Waals surface area contributed by atoms with Crippen molar-refractivity contribution in [3.05, 3.63) is 63.4 Å². The number of nitrogens with one attached hydrogen (secondary N) is 1. The Balaban J connectivity index is 2.22. The van der Waals surface area contributed by atoms with Gasteiger partial charge in [0, 0.05) is 6.54 Å². The van der Waals surface area contributed by atoms with Gasteiger partial charge < -0.3 is 5.32 Å². The monoisotopic (exact) mass is 277 g/mol. The van der Waals surface area contributed by atoms with Crippen LogP contribution in [-0.2, 0) is 6.54 Å². The molecule has 2 aromatic rings. The van der Waals surface area contributed by atoms with E-state index in [2.05, 4.69) is 38.2 Å². The van der Waals surface area contributed by atoms with E-state index in [-0.39, 0.29) is 5.82 Å². The number of hydrogen-bond acceptors (Lipinski definition) is 1. The number of aryl methyl sites for hydroxylation is 3. The van der Waals surface area contributed by atoms with Crippen LogP contribution in [0.25, 0.3) is 0 Å².